The molecule has 0 N–H and O–H groups in total. The van der Waals surface area contributed by atoms with Crippen LogP contribution >= 0.6 is 0 Å². The third-order valence-corrected chi connectivity index (χ3v) is 4.54. The van der Waals surface area contributed by atoms with E-state index in [0.717, 1.165) is 27.8 Å². The molecule has 6 nitrogen and oxygen atoms in total. The molecule has 1 fully saturated rings. The number of amides is 2. The van der Waals surface area contributed by atoms with Gasteiger partial charge in [-0.2, -0.15) is 5.26 Å². The lowest BCUT2D eigenvalue weighted by Crippen LogP contribution is -2.34. The molecule has 6 heteroatoms. The molecule has 4 rings (SSSR count). The van der Waals surface area contributed by atoms with Crippen LogP contribution < -0.4 is 9.80 Å². The summed E-state index contributed by atoms with van der Waals surface area (Å²) in [7, 11) is 0. The zero-order chi connectivity index (χ0) is 18.3. The molecule has 1 aromatic carbocycles. The van der Waals surface area contributed by atoms with Crippen LogP contribution in [-0.4, -0.2) is 28.6 Å². The van der Waals surface area contributed by atoms with Crippen molar-refractivity contribution < 1.29 is 4.79 Å². The Morgan fingerprint density at radius 3 is 2.62 bits per heavy atom. The second-order valence-electron chi connectivity index (χ2n) is 6.40. The molecule has 2 amide bonds. The molecule has 0 radical (unpaired) electrons. The van der Waals surface area contributed by atoms with Crippen molar-refractivity contribution in [3.63, 3.8) is 0 Å². The predicted octanol–water partition coefficient (Wildman–Crippen LogP) is 3.59. The Hall–Kier alpha value is -3.46. The monoisotopic (exact) mass is 343 g/mol. The normalized spacial score (nSPS) is 17.0. The van der Waals surface area contributed by atoms with Crippen molar-refractivity contribution in [3.8, 4) is 6.07 Å². The molecule has 0 bridgehead atoms. The van der Waals surface area contributed by atoms with Crippen molar-refractivity contribution in [1.82, 2.24) is 9.97 Å². The van der Waals surface area contributed by atoms with Crippen molar-refractivity contribution in [2.24, 2.45) is 0 Å². The summed E-state index contributed by atoms with van der Waals surface area (Å²) < 4.78 is 0. The fraction of sp³-hybridized carbons (Fsp3) is 0.200. The molecule has 0 saturated carbocycles. The summed E-state index contributed by atoms with van der Waals surface area (Å²) in [5.41, 5.74) is 3.10. The Balaban J connectivity index is 1.81. The number of pyridine rings is 2. The summed E-state index contributed by atoms with van der Waals surface area (Å²) in [5, 5.41) is 11.5. The number of carbonyl (C=O) groups excluding carboxylic acids is 1. The Morgan fingerprint density at radius 2 is 1.88 bits per heavy atom. The maximum atomic E-state index is 13.2. The molecule has 2 aromatic heterocycles. The van der Waals surface area contributed by atoms with Gasteiger partial charge in [-0.25, -0.2) is 4.79 Å². The Morgan fingerprint density at radius 1 is 1.15 bits per heavy atom. The number of aromatic nitrogens is 2. The summed E-state index contributed by atoms with van der Waals surface area (Å²) in [6, 6.07) is 12.9. The van der Waals surface area contributed by atoms with Gasteiger partial charge in [0.1, 0.15) is 6.04 Å². The number of aryl methyl sites for hydroxylation is 2. The van der Waals surface area contributed by atoms with Crippen LogP contribution in [-0.2, 0) is 0 Å². The summed E-state index contributed by atoms with van der Waals surface area (Å²) in [6.07, 6.45) is 3.41. The zero-order valence-electron chi connectivity index (χ0n) is 14.5. The van der Waals surface area contributed by atoms with Crippen LogP contribution in [0.25, 0.3) is 10.8 Å². The quantitative estimate of drug-likeness (QED) is 0.713. The number of rotatable bonds is 2. The van der Waals surface area contributed by atoms with E-state index in [-0.39, 0.29) is 6.03 Å². The van der Waals surface area contributed by atoms with Crippen LogP contribution in [0.3, 0.4) is 0 Å². The third-order valence-electron chi connectivity index (χ3n) is 4.54. The lowest BCUT2D eigenvalue weighted by Gasteiger charge is -2.21. The molecule has 3 aromatic rings. The zero-order valence-corrected chi connectivity index (χ0v) is 14.5. The Labute approximate surface area is 151 Å². The second-order valence-corrected chi connectivity index (χ2v) is 6.40. The number of hydrogen-bond acceptors (Lipinski definition) is 4. The number of anilines is 2. The van der Waals surface area contributed by atoms with Gasteiger partial charge in [-0.3, -0.25) is 19.8 Å². The maximum absolute atomic E-state index is 13.2. The van der Waals surface area contributed by atoms with Crippen molar-refractivity contribution >= 4 is 28.2 Å². The fourth-order valence-electron chi connectivity index (χ4n) is 3.44. The Bertz CT molecular complexity index is 1030. The average Bonchev–Trinajstić information content (AvgIpc) is 2.97. The van der Waals surface area contributed by atoms with Crippen molar-refractivity contribution in [1.29, 1.82) is 5.26 Å². The first kappa shape index (κ1) is 16.0. The summed E-state index contributed by atoms with van der Waals surface area (Å²) in [5.74, 6) is 0. The highest BCUT2D eigenvalue weighted by Crippen LogP contribution is 2.33. The number of hydrogen-bond donors (Lipinski definition) is 0. The van der Waals surface area contributed by atoms with Crippen LogP contribution in [0.2, 0.25) is 0 Å². The molecular formula is C20H17N5O. The number of fused-ring (bicyclic) bond motifs is 1. The van der Waals surface area contributed by atoms with E-state index in [1.165, 1.54) is 0 Å². The number of urea groups is 1. The first-order valence-electron chi connectivity index (χ1n) is 8.37. The molecule has 128 valence electrons. The second kappa shape index (κ2) is 6.12. The van der Waals surface area contributed by atoms with Crippen molar-refractivity contribution in [2.75, 3.05) is 16.3 Å². The van der Waals surface area contributed by atoms with Crippen LogP contribution in [0.5, 0.6) is 0 Å². The van der Waals surface area contributed by atoms with Crippen LogP contribution in [0.1, 0.15) is 11.4 Å². The van der Waals surface area contributed by atoms with E-state index >= 15 is 0 Å². The first-order valence-corrected chi connectivity index (χ1v) is 8.37. The minimum atomic E-state index is -0.580. The van der Waals surface area contributed by atoms with Gasteiger partial charge in [0.25, 0.3) is 0 Å². The van der Waals surface area contributed by atoms with Gasteiger partial charge in [-0.05, 0) is 26.0 Å². The molecular weight excluding hydrogens is 326 g/mol. The van der Waals surface area contributed by atoms with Gasteiger partial charge < -0.3 is 0 Å². The smallest absolute Gasteiger partial charge is 0.291 e. The van der Waals surface area contributed by atoms with Crippen molar-refractivity contribution in [2.45, 2.75) is 19.9 Å². The van der Waals surface area contributed by atoms with Gasteiger partial charge >= 0.3 is 6.03 Å². The minimum Gasteiger partial charge on any atom is -0.291 e. The molecule has 26 heavy (non-hydrogen) atoms. The summed E-state index contributed by atoms with van der Waals surface area (Å²) in [4.78, 5) is 25.0. The molecule has 3 heterocycles. The average molecular weight is 343 g/mol. The fourth-order valence-corrected chi connectivity index (χ4v) is 3.44. The van der Waals surface area contributed by atoms with E-state index in [0.29, 0.717) is 12.2 Å². The SMILES string of the molecule is Cc1cc(N2C[C@@H](C#N)N(c3cncc4ccccc34)C2=O)cc(C)n1. The molecule has 0 unspecified atom stereocenters. The van der Waals surface area contributed by atoms with E-state index in [4.69, 9.17) is 0 Å². The highest BCUT2D eigenvalue weighted by atomic mass is 16.2. The van der Waals surface area contributed by atoms with E-state index < -0.39 is 6.04 Å². The van der Waals surface area contributed by atoms with Gasteiger partial charge in [-0.15, -0.1) is 0 Å². The lowest BCUT2D eigenvalue weighted by atomic mass is 10.1. The van der Waals surface area contributed by atoms with Gasteiger partial charge in [0.2, 0.25) is 0 Å². The van der Waals surface area contributed by atoms with Gasteiger partial charge in [0.05, 0.1) is 24.5 Å². The Kier molecular flexibility index (Phi) is 3.77. The summed E-state index contributed by atoms with van der Waals surface area (Å²) in [6.45, 7) is 4.10. The number of nitrogens with zero attached hydrogens (tertiary/aromatic N) is 5. The molecule has 1 aliphatic rings. The van der Waals surface area contributed by atoms with Crippen LogP contribution in [0.4, 0.5) is 16.2 Å². The van der Waals surface area contributed by atoms with E-state index in [1.54, 1.807) is 22.2 Å². The molecule has 0 aliphatic carbocycles. The highest BCUT2D eigenvalue weighted by molar-refractivity contribution is 6.11. The molecule has 0 spiro atoms. The largest absolute Gasteiger partial charge is 0.330 e. The van der Waals surface area contributed by atoms with Gasteiger partial charge in [0, 0.05) is 34.0 Å². The van der Waals surface area contributed by atoms with Crippen LogP contribution in [0.15, 0.2) is 48.8 Å². The first-order chi connectivity index (χ1) is 12.6. The maximum Gasteiger partial charge on any atom is 0.330 e. The van der Waals surface area contributed by atoms with Crippen LogP contribution in [0, 0.1) is 25.2 Å². The molecule has 1 aliphatic heterocycles. The highest BCUT2D eigenvalue weighted by Gasteiger charge is 2.40. The number of carbonyl (C=O) groups is 1. The van der Waals surface area contributed by atoms with Crippen molar-refractivity contribution in [3.05, 3.63) is 60.2 Å². The molecule has 1 saturated heterocycles. The van der Waals surface area contributed by atoms with E-state index in [1.807, 2.05) is 50.2 Å². The topological polar surface area (TPSA) is 73.1 Å². The lowest BCUT2D eigenvalue weighted by molar-refractivity contribution is 0.255. The number of benzene rings is 1. The molecule has 1 atom stereocenters. The number of nitriles is 1. The van der Waals surface area contributed by atoms with Gasteiger partial charge in [0.15, 0.2) is 0 Å². The van der Waals surface area contributed by atoms with Gasteiger partial charge in [-0.1, -0.05) is 24.3 Å². The van der Waals surface area contributed by atoms with E-state index in [2.05, 4.69) is 16.0 Å². The standard InChI is InChI=1S/C20H17N5O/c1-13-7-16(8-14(2)23-13)24-12-17(9-21)25(20(24)26)19-11-22-10-15-5-3-4-6-18(15)19/h3-8,10-11,17H,12H2,1-2H3/t17-/m1/s1. The third kappa shape index (κ3) is 2.54. The minimum absolute atomic E-state index is 0.222. The summed E-state index contributed by atoms with van der Waals surface area (Å²) >= 11 is 0. The van der Waals surface area contributed by atoms with E-state index in [9.17, 15) is 10.1 Å². The predicted molar refractivity (Wildman–Crippen MR) is 100 cm³/mol.